The summed E-state index contributed by atoms with van der Waals surface area (Å²) in [4.78, 5) is 40.3. The van der Waals surface area contributed by atoms with E-state index in [4.69, 9.17) is 0 Å². The van der Waals surface area contributed by atoms with E-state index in [2.05, 4.69) is 16.4 Å². The van der Waals surface area contributed by atoms with E-state index in [9.17, 15) is 14.4 Å². The Labute approximate surface area is 162 Å². The molecule has 0 fully saturated rings. The van der Waals surface area contributed by atoms with Gasteiger partial charge < -0.3 is 9.88 Å². The molecule has 1 radical (unpaired) electrons. The standard InChI is InChI=1S/C15H14N5O3.Y/c1-18-13-12(14(22)19(2)15(18)23)20(9-16-13)8-11(21)17-10-6-4-3-5-7-10;/h4-7,9H,8H2,1-2H3,(H,17,21);/q-1;. The Morgan fingerprint density at radius 2 is 1.88 bits per heavy atom. The number of hydrogen-bond acceptors (Lipinski definition) is 4. The summed E-state index contributed by atoms with van der Waals surface area (Å²) in [7, 11) is 2.92. The van der Waals surface area contributed by atoms with Gasteiger partial charge in [-0.1, -0.05) is 5.69 Å². The van der Waals surface area contributed by atoms with E-state index in [0.717, 1.165) is 4.57 Å². The van der Waals surface area contributed by atoms with Gasteiger partial charge >= 0.3 is 5.69 Å². The molecule has 1 aromatic carbocycles. The number of carbonyl (C=O) groups is 1. The number of carbonyl (C=O) groups excluding carboxylic acids is 1. The molecule has 0 saturated carbocycles. The average Bonchev–Trinajstić information content (AvgIpc) is 2.95. The number of benzene rings is 1. The molecule has 24 heavy (non-hydrogen) atoms. The maximum atomic E-state index is 12.3. The first-order valence-electron chi connectivity index (χ1n) is 6.86. The molecule has 0 aliphatic heterocycles. The molecule has 0 spiro atoms. The van der Waals surface area contributed by atoms with E-state index in [1.54, 1.807) is 24.3 Å². The van der Waals surface area contributed by atoms with Gasteiger partial charge in [-0.25, -0.2) is 9.78 Å². The molecule has 3 rings (SSSR count). The minimum absolute atomic E-state index is 0. The van der Waals surface area contributed by atoms with Crippen molar-refractivity contribution in [1.29, 1.82) is 0 Å². The van der Waals surface area contributed by atoms with Crippen molar-refractivity contribution in [3.63, 3.8) is 0 Å². The molecule has 0 aliphatic rings. The predicted octanol–water partition coefficient (Wildman–Crippen LogP) is -0.130. The summed E-state index contributed by atoms with van der Waals surface area (Å²) in [6.45, 7) is -0.0808. The van der Waals surface area contributed by atoms with Crippen LogP contribution >= 0.6 is 0 Å². The van der Waals surface area contributed by atoms with Crippen molar-refractivity contribution in [2.24, 2.45) is 14.1 Å². The van der Waals surface area contributed by atoms with Gasteiger partial charge in [-0.15, -0.1) is 12.1 Å². The van der Waals surface area contributed by atoms with Crippen LogP contribution in [0.5, 0.6) is 0 Å². The quantitative estimate of drug-likeness (QED) is 0.620. The van der Waals surface area contributed by atoms with Crippen molar-refractivity contribution in [1.82, 2.24) is 18.7 Å². The molecular formula is C15H14N5O3Y-. The van der Waals surface area contributed by atoms with Crippen molar-refractivity contribution in [3.05, 3.63) is 57.5 Å². The van der Waals surface area contributed by atoms with Gasteiger partial charge in [-0.2, -0.15) is 18.2 Å². The normalized spacial score (nSPS) is 10.4. The number of fused-ring (bicyclic) bond motifs is 1. The number of imidazole rings is 1. The largest absolute Gasteiger partial charge is 0.348 e. The van der Waals surface area contributed by atoms with Crippen LogP contribution in [0.2, 0.25) is 0 Å². The van der Waals surface area contributed by atoms with Crippen LogP contribution in [-0.4, -0.2) is 24.6 Å². The molecule has 0 aliphatic carbocycles. The van der Waals surface area contributed by atoms with Crippen LogP contribution in [0.3, 0.4) is 0 Å². The Morgan fingerprint density at radius 3 is 2.54 bits per heavy atom. The van der Waals surface area contributed by atoms with Crippen LogP contribution in [0.4, 0.5) is 5.69 Å². The first-order valence-corrected chi connectivity index (χ1v) is 6.86. The van der Waals surface area contributed by atoms with E-state index < -0.39 is 11.2 Å². The Bertz CT molecular complexity index is 1000. The van der Waals surface area contributed by atoms with Gasteiger partial charge in [0.1, 0.15) is 6.54 Å². The summed E-state index contributed by atoms with van der Waals surface area (Å²) in [6.07, 6.45) is 1.38. The topological polar surface area (TPSA) is 90.9 Å². The fourth-order valence-electron chi connectivity index (χ4n) is 2.34. The van der Waals surface area contributed by atoms with Crippen molar-refractivity contribution >= 4 is 22.8 Å². The summed E-state index contributed by atoms with van der Waals surface area (Å²) in [5.41, 5.74) is 0.158. The molecule has 0 saturated heterocycles. The Morgan fingerprint density at radius 1 is 1.21 bits per heavy atom. The first kappa shape index (κ1) is 18.3. The molecule has 9 heteroatoms. The van der Waals surface area contributed by atoms with Crippen molar-refractivity contribution < 1.29 is 37.5 Å². The number of nitrogens with one attached hydrogen (secondary N) is 1. The molecule has 2 aromatic heterocycles. The van der Waals surface area contributed by atoms with Gasteiger partial charge in [0.15, 0.2) is 11.2 Å². The number of amides is 1. The summed E-state index contributed by atoms with van der Waals surface area (Å²) in [6, 6.07) is 9.66. The number of aromatic nitrogens is 4. The van der Waals surface area contributed by atoms with Gasteiger partial charge in [0.25, 0.3) is 5.56 Å². The molecule has 3 aromatic rings. The number of hydrogen-bond donors (Lipinski definition) is 1. The molecule has 121 valence electrons. The predicted molar refractivity (Wildman–Crippen MR) is 84.1 cm³/mol. The second-order valence-corrected chi connectivity index (χ2v) is 5.09. The molecule has 0 unspecified atom stereocenters. The molecule has 1 N–H and O–H groups in total. The van der Waals surface area contributed by atoms with Gasteiger partial charge in [0.2, 0.25) is 5.91 Å². The Kier molecular flexibility index (Phi) is 5.51. The zero-order chi connectivity index (χ0) is 16.6. The maximum Gasteiger partial charge on any atom is 0.332 e. The van der Waals surface area contributed by atoms with Crippen LogP contribution in [0.15, 0.2) is 40.2 Å². The molecular weight excluding hydrogens is 387 g/mol. The van der Waals surface area contributed by atoms with Crippen LogP contribution in [0.1, 0.15) is 0 Å². The molecule has 2 heterocycles. The van der Waals surface area contributed by atoms with Crippen molar-refractivity contribution in [3.8, 4) is 0 Å². The third kappa shape index (κ3) is 3.25. The minimum atomic E-state index is -0.484. The van der Waals surface area contributed by atoms with E-state index >= 15 is 0 Å². The van der Waals surface area contributed by atoms with Gasteiger partial charge in [-0.3, -0.25) is 18.7 Å². The average molecular weight is 401 g/mol. The summed E-state index contributed by atoms with van der Waals surface area (Å²) in [5.74, 6) is -0.300. The fraction of sp³-hybridized carbons (Fsp3) is 0.200. The summed E-state index contributed by atoms with van der Waals surface area (Å²) < 4.78 is 3.70. The first-order chi connectivity index (χ1) is 11.0. The Balaban J connectivity index is 0.00000208. The SMILES string of the molecule is Cn1c(=O)c2c(ncn2CC(=O)Nc2cc[c-]cc2)n(C)c1=O.[Y]. The molecule has 0 bridgehead atoms. The van der Waals surface area contributed by atoms with Crippen molar-refractivity contribution in [2.75, 3.05) is 5.32 Å². The second-order valence-electron chi connectivity index (χ2n) is 5.09. The number of nitrogens with zero attached hydrogens (tertiary/aromatic N) is 4. The van der Waals surface area contributed by atoms with Gasteiger partial charge in [0.05, 0.1) is 6.33 Å². The van der Waals surface area contributed by atoms with Crippen molar-refractivity contribution in [2.45, 2.75) is 6.54 Å². The zero-order valence-electron chi connectivity index (χ0n) is 13.2. The number of aryl methyl sites for hydroxylation is 1. The van der Waals surface area contributed by atoms with E-state index in [-0.39, 0.29) is 56.3 Å². The monoisotopic (exact) mass is 401 g/mol. The van der Waals surface area contributed by atoms with Crippen LogP contribution in [0.25, 0.3) is 11.2 Å². The smallest absolute Gasteiger partial charge is 0.332 e. The van der Waals surface area contributed by atoms with E-state index in [1.165, 1.54) is 29.6 Å². The third-order valence-corrected chi connectivity index (χ3v) is 3.53. The second kappa shape index (κ2) is 7.23. The fourth-order valence-corrected chi connectivity index (χ4v) is 2.34. The van der Waals surface area contributed by atoms with E-state index in [1.807, 2.05) is 0 Å². The molecule has 8 nitrogen and oxygen atoms in total. The minimum Gasteiger partial charge on any atom is -0.348 e. The maximum absolute atomic E-state index is 12.3. The summed E-state index contributed by atoms with van der Waals surface area (Å²) in [5, 5.41) is 2.72. The summed E-state index contributed by atoms with van der Waals surface area (Å²) >= 11 is 0. The molecule has 0 atom stereocenters. The van der Waals surface area contributed by atoms with Crippen LogP contribution in [-0.2, 0) is 58.1 Å². The number of anilines is 1. The Hall–Kier alpha value is -2.06. The molecule has 1 amide bonds. The van der Waals surface area contributed by atoms with Gasteiger partial charge in [0, 0.05) is 46.8 Å². The van der Waals surface area contributed by atoms with Gasteiger partial charge in [-0.05, 0) is 0 Å². The number of rotatable bonds is 3. The van der Waals surface area contributed by atoms with Crippen LogP contribution < -0.4 is 16.6 Å². The third-order valence-electron chi connectivity index (χ3n) is 3.53. The zero-order valence-corrected chi connectivity index (χ0v) is 16.0. The van der Waals surface area contributed by atoms with E-state index in [0.29, 0.717) is 5.69 Å². The van der Waals surface area contributed by atoms with Crippen LogP contribution in [0, 0.1) is 6.07 Å².